The predicted molar refractivity (Wildman–Crippen MR) is 79.0 cm³/mol. The fourth-order valence-electron chi connectivity index (χ4n) is 1.89. The van der Waals surface area contributed by atoms with Crippen LogP contribution in [0.1, 0.15) is 39.3 Å². The van der Waals surface area contributed by atoms with Crippen LogP contribution in [0.2, 0.25) is 0 Å². The first-order valence-corrected chi connectivity index (χ1v) is 6.94. The third-order valence-corrected chi connectivity index (χ3v) is 2.99. The highest BCUT2D eigenvalue weighted by Gasteiger charge is 2.15. The highest BCUT2D eigenvalue weighted by atomic mass is 16.5. The largest absolute Gasteiger partial charge is 0.490 e. The standard InChI is InChI=1S/C15H24N2O3/c1-5-19-13-8-7-12(9-14(13)20-6-2)10(3)17-11(4)15(16)18/h7-11,17H,5-6H2,1-4H3,(H2,16,18)/t10-,11-/m0/s1. The van der Waals surface area contributed by atoms with Crippen LogP contribution in [0.4, 0.5) is 0 Å². The van der Waals surface area contributed by atoms with Crippen molar-refractivity contribution in [1.82, 2.24) is 5.32 Å². The maximum Gasteiger partial charge on any atom is 0.234 e. The quantitative estimate of drug-likeness (QED) is 0.764. The highest BCUT2D eigenvalue weighted by molar-refractivity contribution is 5.79. The highest BCUT2D eigenvalue weighted by Crippen LogP contribution is 2.30. The minimum atomic E-state index is -0.382. The molecule has 0 unspecified atom stereocenters. The van der Waals surface area contributed by atoms with Crippen molar-refractivity contribution in [1.29, 1.82) is 0 Å². The van der Waals surface area contributed by atoms with Crippen LogP contribution in [-0.4, -0.2) is 25.2 Å². The summed E-state index contributed by atoms with van der Waals surface area (Å²) < 4.78 is 11.1. The van der Waals surface area contributed by atoms with E-state index >= 15 is 0 Å². The van der Waals surface area contributed by atoms with Crippen LogP contribution < -0.4 is 20.5 Å². The van der Waals surface area contributed by atoms with E-state index < -0.39 is 0 Å². The van der Waals surface area contributed by atoms with Gasteiger partial charge in [-0.1, -0.05) is 6.07 Å². The fraction of sp³-hybridized carbons (Fsp3) is 0.533. The normalized spacial score (nSPS) is 13.6. The smallest absolute Gasteiger partial charge is 0.234 e. The lowest BCUT2D eigenvalue weighted by Gasteiger charge is -2.20. The Hall–Kier alpha value is -1.75. The van der Waals surface area contributed by atoms with Crippen molar-refractivity contribution < 1.29 is 14.3 Å². The van der Waals surface area contributed by atoms with E-state index in [0.717, 1.165) is 11.3 Å². The molecule has 0 aromatic heterocycles. The number of nitrogens with two attached hydrogens (primary N) is 1. The van der Waals surface area contributed by atoms with Gasteiger partial charge >= 0.3 is 0 Å². The van der Waals surface area contributed by atoms with Crippen molar-refractivity contribution in [3.05, 3.63) is 23.8 Å². The Morgan fingerprint density at radius 1 is 1.20 bits per heavy atom. The number of hydrogen-bond donors (Lipinski definition) is 2. The SMILES string of the molecule is CCOc1ccc([C@H](C)N[C@@H](C)C(N)=O)cc1OCC. The minimum Gasteiger partial charge on any atom is -0.490 e. The molecule has 1 aromatic carbocycles. The number of amides is 1. The maximum absolute atomic E-state index is 11.1. The van der Waals surface area contributed by atoms with Crippen LogP contribution >= 0.6 is 0 Å². The van der Waals surface area contributed by atoms with Gasteiger partial charge in [0.05, 0.1) is 19.3 Å². The summed E-state index contributed by atoms with van der Waals surface area (Å²) in [5, 5.41) is 3.15. The summed E-state index contributed by atoms with van der Waals surface area (Å²) in [5.74, 6) is 1.08. The third-order valence-electron chi connectivity index (χ3n) is 2.99. The van der Waals surface area contributed by atoms with E-state index in [4.69, 9.17) is 15.2 Å². The topological polar surface area (TPSA) is 73.6 Å². The van der Waals surface area contributed by atoms with E-state index in [1.807, 2.05) is 39.0 Å². The molecule has 0 spiro atoms. The first-order chi connectivity index (χ1) is 9.49. The molecule has 1 aromatic rings. The van der Waals surface area contributed by atoms with Gasteiger partial charge in [0, 0.05) is 6.04 Å². The Morgan fingerprint density at radius 3 is 2.35 bits per heavy atom. The number of benzene rings is 1. The molecule has 112 valence electrons. The first-order valence-electron chi connectivity index (χ1n) is 6.94. The van der Waals surface area contributed by atoms with Gasteiger partial charge in [0.2, 0.25) is 5.91 Å². The second-order valence-electron chi connectivity index (χ2n) is 4.58. The van der Waals surface area contributed by atoms with Crippen LogP contribution in [0.25, 0.3) is 0 Å². The zero-order valence-electron chi connectivity index (χ0n) is 12.6. The molecular formula is C15H24N2O3. The molecule has 0 saturated carbocycles. The van der Waals surface area contributed by atoms with Crippen LogP contribution in [0.3, 0.4) is 0 Å². The van der Waals surface area contributed by atoms with Crippen molar-refractivity contribution in [2.24, 2.45) is 5.73 Å². The predicted octanol–water partition coefficient (Wildman–Crippen LogP) is 2.01. The van der Waals surface area contributed by atoms with Gasteiger partial charge in [0.25, 0.3) is 0 Å². The van der Waals surface area contributed by atoms with Crippen LogP contribution in [0.15, 0.2) is 18.2 Å². The molecule has 0 fully saturated rings. The van der Waals surface area contributed by atoms with Crippen molar-refractivity contribution in [3.8, 4) is 11.5 Å². The molecule has 0 bridgehead atoms. The average molecular weight is 280 g/mol. The number of hydrogen-bond acceptors (Lipinski definition) is 4. The van der Waals surface area contributed by atoms with Crippen LogP contribution in [-0.2, 0) is 4.79 Å². The van der Waals surface area contributed by atoms with E-state index in [9.17, 15) is 4.79 Å². The second kappa shape index (κ2) is 7.75. The van der Waals surface area contributed by atoms with Gasteiger partial charge in [0.15, 0.2) is 11.5 Å². The number of carbonyl (C=O) groups excluding carboxylic acids is 1. The van der Waals surface area contributed by atoms with Gasteiger partial charge in [-0.15, -0.1) is 0 Å². The lowest BCUT2D eigenvalue weighted by molar-refractivity contribution is -0.119. The lowest BCUT2D eigenvalue weighted by Crippen LogP contribution is -2.40. The van der Waals surface area contributed by atoms with Crippen molar-refractivity contribution in [2.75, 3.05) is 13.2 Å². The zero-order valence-corrected chi connectivity index (χ0v) is 12.6. The number of nitrogens with one attached hydrogen (secondary N) is 1. The monoisotopic (exact) mass is 280 g/mol. The first kappa shape index (κ1) is 16.3. The summed E-state index contributed by atoms with van der Waals surface area (Å²) in [7, 11) is 0. The number of primary amides is 1. The summed E-state index contributed by atoms with van der Waals surface area (Å²) in [6.07, 6.45) is 0. The van der Waals surface area contributed by atoms with Gasteiger partial charge < -0.3 is 15.2 Å². The summed E-state index contributed by atoms with van der Waals surface area (Å²) in [6, 6.07) is 5.38. The van der Waals surface area contributed by atoms with Gasteiger partial charge in [-0.05, 0) is 45.4 Å². The summed E-state index contributed by atoms with van der Waals surface area (Å²) in [4.78, 5) is 11.1. The Balaban J connectivity index is 2.89. The van der Waals surface area contributed by atoms with Crippen LogP contribution in [0, 0.1) is 0 Å². The van der Waals surface area contributed by atoms with Gasteiger partial charge in [-0.25, -0.2) is 0 Å². The average Bonchev–Trinajstić information content (AvgIpc) is 2.41. The summed E-state index contributed by atoms with van der Waals surface area (Å²) in [6.45, 7) is 8.75. The van der Waals surface area contributed by atoms with E-state index in [1.165, 1.54) is 0 Å². The third kappa shape index (κ3) is 4.42. The Morgan fingerprint density at radius 2 is 1.80 bits per heavy atom. The second-order valence-corrected chi connectivity index (χ2v) is 4.58. The van der Waals surface area contributed by atoms with Crippen molar-refractivity contribution in [2.45, 2.75) is 39.8 Å². The molecule has 0 aliphatic carbocycles. The van der Waals surface area contributed by atoms with E-state index in [1.54, 1.807) is 6.92 Å². The molecule has 0 radical (unpaired) electrons. The lowest BCUT2D eigenvalue weighted by atomic mass is 10.1. The Kier molecular flexibility index (Phi) is 6.31. The molecule has 1 amide bonds. The van der Waals surface area contributed by atoms with E-state index in [-0.39, 0.29) is 18.0 Å². The number of carbonyl (C=O) groups is 1. The Bertz CT molecular complexity index is 449. The molecule has 5 nitrogen and oxygen atoms in total. The van der Waals surface area contributed by atoms with Crippen LogP contribution in [0.5, 0.6) is 11.5 Å². The van der Waals surface area contributed by atoms with E-state index in [2.05, 4.69) is 5.32 Å². The number of rotatable bonds is 8. The van der Waals surface area contributed by atoms with Crippen molar-refractivity contribution in [3.63, 3.8) is 0 Å². The van der Waals surface area contributed by atoms with Gasteiger partial charge in [0.1, 0.15) is 0 Å². The number of ether oxygens (including phenoxy) is 2. The molecule has 0 aliphatic heterocycles. The van der Waals surface area contributed by atoms with Crippen molar-refractivity contribution >= 4 is 5.91 Å². The zero-order chi connectivity index (χ0) is 15.1. The molecule has 3 N–H and O–H groups in total. The Labute approximate surface area is 120 Å². The molecule has 0 saturated heterocycles. The fourth-order valence-corrected chi connectivity index (χ4v) is 1.89. The van der Waals surface area contributed by atoms with E-state index in [0.29, 0.717) is 19.0 Å². The molecular weight excluding hydrogens is 256 g/mol. The molecule has 0 heterocycles. The van der Waals surface area contributed by atoms with Gasteiger partial charge in [-0.3, -0.25) is 10.1 Å². The minimum absolute atomic E-state index is 0.00705. The summed E-state index contributed by atoms with van der Waals surface area (Å²) in [5.41, 5.74) is 6.28. The van der Waals surface area contributed by atoms with Gasteiger partial charge in [-0.2, -0.15) is 0 Å². The molecule has 20 heavy (non-hydrogen) atoms. The summed E-state index contributed by atoms with van der Waals surface area (Å²) >= 11 is 0. The molecule has 0 aliphatic rings. The molecule has 2 atom stereocenters. The molecule has 1 rings (SSSR count). The maximum atomic E-state index is 11.1. The molecule has 5 heteroatoms.